The zero-order chi connectivity index (χ0) is 13.8. The van der Waals surface area contributed by atoms with Gasteiger partial charge in [0.15, 0.2) is 0 Å². The first-order valence-electron chi connectivity index (χ1n) is 6.68. The summed E-state index contributed by atoms with van der Waals surface area (Å²) in [6.45, 7) is 0. The van der Waals surface area contributed by atoms with Gasteiger partial charge in [-0.05, 0) is 43.4 Å². The van der Waals surface area contributed by atoms with Crippen molar-refractivity contribution in [1.29, 1.82) is 0 Å². The molecule has 0 radical (unpaired) electrons. The number of nitrogens with zero attached hydrogens (tertiary/aromatic N) is 2. The molecule has 1 amide bonds. The van der Waals surface area contributed by atoms with E-state index in [4.69, 9.17) is 0 Å². The van der Waals surface area contributed by atoms with E-state index in [0.29, 0.717) is 0 Å². The molecule has 2 aromatic heterocycles. The fourth-order valence-corrected chi connectivity index (χ4v) is 3.48. The van der Waals surface area contributed by atoms with Crippen LogP contribution < -0.4 is 5.43 Å². The molecule has 4 nitrogen and oxygen atoms in total. The summed E-state index contributed by atoms with van der Waals surface area (Å²) >= 11 is 1.69. The molecule has 1 aliphatic rings. The molecule has 0 aromatic carbocycles. The summed E-state index contributed by atoms with van der Waals surface area (Å²) in [7, 11) is 0. The minimum Gasteiger partial charge on any atom is -0.267 e. The van der Waals surface area contributed by atoms with Gasteiger partial charge in [0.25, 0.3) is 5.91 Å². The van der Waals surface area contributed by atoms with E-state index < -0.39 is 0 Å². The maximum absolute atomic E-state index is 12.1. The van der Waals surface area contributed by atoms with Crippen LogP contribution in [0.15, 0.2) is 34.9 Å². The topological polar surface area (TPSA) is 54.4 Å². The zero-order valence-corrected chi connectivity index (χ0v) is 11.8. The third-order valence-corrected chi connectivity index (χ3v) is 4.45. The molecule has 2 heterocycles. The Hall–Kier alpha value is -2.01. The minimum atomic E-state index is -0.128. The molecule has 1 aliphatic carbocycles. The monoisotopic (exact) mass is 285 g/mol. The SMILES string of the molecule is O=C(NN=Cc1ccccn1)c1csc2c1CCCC2. The van der Waals surface area contributed by atoms with Crippen molar-refractivity contribution < 1.29 is 4.79 Å². The average Bonchev–Trinajstić information content (AvgIpc) is 2.92. The Morgan fingerprint density at radius 1 is 1.35 bits per heavy atom. The Kier molecular flexibility index (Phi) is 3.87. The van der Waals surface area contributed by atoms with Gasteiger partial charge < -0.3 is 0 Å². The normalized spacial score (nSPS) is 14.2. The number of nitrogens with one attached hydrogen (secondary N) is 1. The van der Waals surface area contributed by atoms with E-state index in [9.17, 15) is 4.79 Å². The standard InChI is InChI=1S/C15H15N3OS/c19-15(18-17-9-11-5-3-4-8-16-11)13-10-20-14-7-2-1-6-12(13)14/h3-5,8-10H,1-2,6-7H2,(H,18,19). The first kappa shape index (κ1) is 13.0. The maximum atomic E-state index is 12.1. The van der Waals surface area contributed by atoms with Crippen molar-refractivity contribution in [1.82, 2.24) is 10.4 Å². The van der Waals surface area contributed by atoms with Crippen LogP contribution in [0, 0.1) is 0 Å². The number of carbonyl (C=O) groups is 1. The first-order valence-corrected chi connectivity index (χ1v) is 7.56. The number of aromatic nitrogens is 1. The summed E-state index contributed by atoms with van der Waals surface area (Å²) in [6, 6.07) is 5.56. The van der Waals surface area contributed by atoms with Crippen LogP contribution in [0.2, 0.25) is 0 Å². The Morgan fingerprint density at radius 2 is 2.25 bits per heavy atom. The van der Waals surface area contributed by atoms with Crippen LogP contribution in [0.4, 0.5) is 0 Å². The average molecular weight is 285 g/mol. The summed E-state index contributed by atoms with van der Waals surface area (Å²) in [5.74, 6) is -0.128. The van der Waals surface area contributed by atoms with E-state index in [1.165, 1.54) is 23.3 Å². The lowest BCUT2D eigenvalue weighted by Crippen LogP contribution is -2.19. The number of hydrogen-bond donors (Lipinski definition) is 1. The fraction of sp³-hybridized carbons (Fsp3) is 0.267. The van der Waals surface area contributed by atoms with Crippen molar-refractivity contribution in [3.8, 4) is 0 Å². The van der Waals surface area contributed by atoms with E-state index in [0.717, 1.165) is 24.1 Å². The molecule has 0 atom stereocenters. The Bertz CT molecular complexity index is 634. The van der Waals surface area contributed by atoms with E-state index in [-0.39, 0.29) is 5.91 Å². The molecule has 3 rings (SSSR count). The van der Waals surface area contributed by atoms with Crippen LogP contribution >= 0.6 is 11.3 Å². The number of thiophene rings is 1. The molecule has 0 unspecified atom stereocenters. The number of aryl methyl sites for hydroxylation is 1. The van der Waals surface area contributed by atoms with Gasteiger partial charge in [0, 0.05) is 16.5 Å². The molecule has 5 heteroatoms. The van der Waals surface area contributed by atoms with Gasteiger partial charge in [-0.2, -0.15) is 5.10 Å². The van der Waals surface area contributed by atoms with E-state index in [1.54, 1.807) is 23.7 Å². The van der Waals surface area contributed by atoms with Gasteiger partial charge in [-0.3, -0.25) is 9.78 Å². The number of rotatable bonds is 3. The Morgan fingerprint density at radius 3 is 3.10 bits per heavy atom. The lowest BCUT2D eigenvalue weighted by atomic mass is 9.96. The summed E-state index contributed by atoms with van der Waals surface area (Å²) in [5.41, 5.74) is 5.30. The van der Waals surface area contributed by atoms with Crippen LogP contribution in [0.3, 0.4) is 0 Å². The van der Waals surface area contributed by atoms with Gasteiger partial charge in [-0.25, -0.2) is 5.43 Å². The second-order valence-electron chi connectivity index (χ2n) is 4.71. The number of fused-ring (bicyclic) bond motifs is 1. The first-order chi connectivity index (χ1) is 9.84. The molecule has 1 N–H and O–H groups in total. The number of hydrogen-bond acceptors (Lipinski definition) is 4. The third-order valence-electron chi connectivity index (χ3n) is 3.36. The van der Waals surface area contributed by atoms with Crippen molar-refractivity contribution in [3.05, 3.63) is 51.5 Å². The highest BCUT2D eigenvalue weighted by Crippen LogP contribution is 2.30. The molecule has 0 saturated heterocycles. The van der Waals surface area contributed by atoms with Crippen LogP contribution in [0.1, 0.15) is 39.3 Å². The predicted octanol–water partition coefficient (Wildman–Crippen LogP) is 2.79. The van der Waals surface area contributed by atoms with Crippen molar-refractivity contribution in [3.63, 3.8) is 0 Å². The molecular weight excluding hydrogens is 270 g/mol. The quantitative estimate of drug-likeness (QED) is 0.696. The van der Waals surface area contributed by atoms with Gasteiger partial charge in [0.2, 0.25) is 0 Å². The molecule has 0 fully saturated rings. The smallest absolute Gasteiger partial charge is 0.267 e. The second-order valence-corrected chi connectivity index (χ2v) is 5.68. The highest BCUT2D eigenvalue weighted by atomic mass is 32.1. The molecule has 0 bridgehead atoms. The fourth-order valence-electron chi connectivity index (χ4n) is 2.35. The molecule has 0 saturated carbocycles. The van der Waals surface area contributed by atoms with E-state index in [1.807, 2.05) is 23.6 Å². The van der Waals surface area contributed by atoms with Crippen molar-refractivity contribution in [2.24, 2.45) is 5.10 Å². The van der Waals surface area contributed by atoms with Crippen LogP contribution in [0.5, 0.6) is 0 Å². The molecule has 2 aromatic rings. The molecule has 0 aliphatic heterocycles. The zero-order valence-electron chi connectivity index (χ0n) is 11.0. The summed E-state index contributed by atoms with van der Waals surface area (Å²) in [5, 5.41) is 5.91. The van der Waals surface area contributed by atoms with Gasteiger partial charge in [-0.1, -0.05) is 6.07 Å². The Labute approximate surface area is 121 Å². The van der Waals surface area contributed by atoms with Crippen LogP contribution in [-0.2, 0) is 12.8 Å². The number of pyridine rings is 1. The summed E-state index contributed by atoms with van der Waals surface area (Å²) < 4.78 is 0. The Balaban J connectivity index is 1.68. The predicted molar refractivity (Wildman–Crippen MR) is 80.3 cm³/mol. The van der Waals surface area contributed by atoms with E-state index in [2.05, 4.69) is 15.5 Å². The molecule has 102 valence electrons. The minimum absolute atomic E-state index is 0.128. The van der Waals surface area contributed by atoms with Crippen molar-refractivity contribution >= 4 is 23.5 Å². The van der Waals surface area contributed by atoms with Gasteiger partial charge in [-0.15, -0.1) is 11.3 Å². The van der Waals surface area contributed by atoms with Gasteiger partial charge in [0.05, 0.1) is 17.5 Å². The van der Waals surface area contributed by atoms with Gasteiger partial charge in [0.1, 0.15) is 0 Å². The lowest BCUT2D eigenvalue weighted by molar-refractivity contribution is 0.0954. The molecule has 20 heavy (non-hydrogen) atoms. The second kappa shape index (κ2) is 5.96. The molecular formula is C15H15N3OS. The third kappa shape index (κ3) is 2.77. The highest BCUT2D eigenvalue weighted by molar-refractivity contribution is 7.10. The summed E-state index contributed by atoms with van der Waals surface area (Å²) in [4.78, 5) is 17.6. The highest BCUT2D eigenvalue weighted by Gasteiger charge is 2.19. The van der Waals surface area contributed by atoms with Crippen molar-refractivity contribution in [2.45, 2.75) is 25.7 Å². The van der Waals surface area contributed by atoms with E-state index >= 15 is 0 Å². The number of amides is 1. The van der Waals surface area contributed by atoms with Gasteiger partial charge >= 0.3 is 0 Å². The molecule has 0 spiro atoms. The van der Waals surface area contributed by atoms with Crippen molar-refractivity contribution in [2.75, 3.05) is 0 Å². The maximum Gasteiger partial charge on any atom is 0.272 e. The van der Waals surface area contributed by atoms with Crippen LogP contribution in [-0.4, -0.2) is 17.1 Å². The number of carbonyl (C=O) groups excluding carboxylic acids is 1. The largest absolute Gasteiger partial charge is 0.272 e. The number of hydrazone groups is 1. The lowest BCUT2D eigenvalue weighted by Gasteiger charge is -2.11. The summed E-state index contributed by atoms with van der Waals surface area (Å²) in [6.07, 6.45) is 7.75. The van der Waals surface area contributed by atoms with Crippen LogP contribution in [0.25, 0.3) is 0 Å².